The molecule has 1 heterocycles. The molecule has 0 saturated carbocycles. The Labute approximate surface area is 113 Å². The highest BCUT2D eigenvalue weighted by molar-refractivity contribution is 5.28. The molecule has 2 nitrogen and oxygen atoms in total. The van der Waals surface area contributed by atoms with Crippen LogP contribution in [-0.2, 0) is 12.6 Å². The van der Waals surface area contributed by atoms with Gasteiger partial charge in [0.05, 0.1) is 5.56 Å². The van der Waals surface area contributed by atoms with Gasteiger partial charge in [-0.25, -0.2) is 4.98 Å². The smallest absolute Gasteiger partial charge is 0.324 e. The van der Waals surface area contributed by atoms with Crippen LogP contribution in [0.15, 0.2) is 42.6 Å². The molecule has 0 amide bonds. The average Bonchev–Trinajstić information content (AvgIpc) is 2.38. The summed E-state index contributed by atoms with van der Waals surface area (Å²) in [7, 11) is 0. The summed E-state index contributed by atoms with van der Waals surface area (Å²) in [6.45, 7) is 0. The first-order chi connectivity index (χ1) is 9.36. The zero-order chi connectivity index (χ0) is 14.8. The predicted molar refractivity (Wildman–Crippen MR) is 66.3 cm³/mol. The number of hydrogen-bond acceptors (Lipinski definition) is 2. The second-order valence-electron chi connectivity index (χ2n) is 4.42. The summed E-state index contributed by atoms with van der Waals surface area (Å²) in [4.78, 5) is 3.40. The molecule has 1 aromatic carbocycles. The number of benzene rings is 1. The lowest BCUT2D eigenvalue weighted by atomic mass is 9.99. The van der Waals surface area contributed by atoms with Crippen LogP contribution in [0.2, 0.25) is 0 Å². The fourth-order valence-corrected chi connectivity index (χ4v) is 1.89. The Morgan fingerprint density at radius 1 is 1.15 bits per heavy atom. The van der Waals surface area contributed by atoms with Crippen LogP contribution in [-0.4, -0.2) is 4.98 Å². The van der Waals surface area contributed by atoms with Gasteiger partial charge in [0, 0.05) is 12.2 Å². The zero-order valence-electron chi connectivity index (χ0n) is 10.4. The Kier molecular flexibility index (Phi) is 4.04. The van der Waals surface area contributed by atoms with Gasteiger partial charge in [-0.1, -0.05) is 18.2 Å². The van der Waals surface area contributed by atoms with Crippen molar-refractivity contribution < 1.29 is 17.6 Å². The van der Waals surface area contributed by atoms with Crippen molar-refractivity contribution in [3.63, 3.8) is 0 Å². The summed E-state index contributed by atoms with van der Waals surface area (Å²) in [6.07, 6.45) is -2.92. The second-order valence-corrected chi connectivity index (χ2v) is 4.42. The summed E-state index contributed by atoms with van der Waals surface area (Å²) in [5, 5.41) is 0. The largest absolute Gasteiger partial charge is 0.416 e. The van der Waals surface area contributed by atoms with Gasteiger partial charge >= 0.3 is 6.18 Å². The number of pyridine rings is 1. The van der Waals surface area contributed by atoms with E-state index in [0.29, 0.717) is 11.1 Å². The molecule has 2 aromatic rings. The minimum absolute atomic E-state index is 0.188. The summed E-state index contributed by atoms with van der Waals surface area (Å²) < 4.78 is 50.7. The Morgan fingerprint density at radius 2 is 1.90 bits per heavy atom. The highest BCUT2D eigenvalue weighted by atomic mass is 19.4. The lowest BCUT2D eigenvalue weighted by Gasteiger charge is -2.13. The maximum Gasteiger partial charge on any atom is 0.416 e. The molecule has 0 aliphatic heterocycles. The molecule has 0 radical (unpaired) electrons. The molecule has 0 bridgehead atoms. The van der Waals surface area contributed by atoms with Gasteiger partial charge < -0.3 is 5.73 Å². The summed E-state index contributed by atoms with van der Waals surface area (Å²) >= 11 is 0. The van der Waals surface area contributed by atoms with Crippen molar-refractivity contribution in [3.8, 4) is 0 Å². The van der Waals surface area contributed by atoms with Crippen LogP contribution >= 0.6 is 0 Å². The third-order valence-corrected chi connectivity index (χ3v) is 2.89. The number of halogens is 4. The fraction of sp³-hybridized carbons (Fsp3) is 0.214. The predicted octanol–water partition coefficient (Wildman–Crippen LogP) is 3.48. The zero-order valence-corrected chi connectivity index (χ0v) is 10.4. The number of nitrogens with two attached hydrogens (primary N) is 1. The lowest BCUT2D eigenvalue weighted by molar-refractivity contribution is -0.137. The molecule has 20 heavy (non-hydrogen) atoms. The van der Waals surface area contributed by atoms with E-state index < -0.39 is 23.7 Å². The Hall–Kier alpha value is -1.95. The van der Waals surface area contributed by atoms with E-state index in [1.54, 1.807) is 12.1 Å². The standard InChI is InChI=1S/C14H12F4N2/c15-13-8-10(4-5-20-13)12(19)7-9-2-1-3-11(6-9)14(16,17)18/h1-6,8,12H,7,19H2. The molecular weight excluding hydrogens is 272 g/mol. The Balaban J connectivity index is 2.18. The molecule has 6 heteroatoms. The van der Waals surface area contributed by atoms with Crippen molar-refractivity contribution >= 4 is 0 Å². The van der Waals surface area contributed by atoms with E-state index in [4.69, 9.17) is 5.73 Å². The molecule has 106 valence electrons. The van der Waals surface area contributed by atoms with Crippen molar-refractivity contribution in [1.82, 2.24) is 4.98 Å². The van der Waals surface area contributed by atoms with Crippen molar-refractivity contribution in [1.29, 1.82) is 0 Å². The maximum absolute atomic E-state index is 13.0. The topological polar surface area (TPSA) is 38.9 Å². The normalized spacial score (nSPS) is 13.2. The highest BCUT2D eigenvalue weighted by Gasteiger charge is 2.30. The Morgan fingerprint density at radius 3 is 2.55 bits per heavy atom. The number of aromatic nitrogens is 1. The lowest BCUT2D eigenvalue weighted by Crippen LogP contribution is -2.14. The molecule has 1 aromatic heterocycles. The Bertz CT molecular complexity index is 596. The molecular formula is C14H12F4N2. The first-order valence-corrected chi connectivity index (χ1v) is 5.89. The SMILES string of the molecule is NC(Cc1cccc(C(F)(F)F)c1)c1ccnc(F)c1. The van der Waals surface area contributed by atoms with Crippen LogP contribution in [0, 0.1) is 5.95 Å². The van der Waals surface area contributed by atoms with Crippen molar-refractivity contribution in [2.24, 2.45) is 5.73 Å². The monoisotopic (exact) mass is 284 g/mol. The van der Waals surface area contributed by atoms with E-state index in [2.05, 4.69) is 4.98 Å². The van der Waals surface area contributed by atoms with Gasteiger partial charge in [-0.2, -0.15) is 17.6 Å². The van der Waals surface area contributed by atoms with E-state index in [0.717, 1.165) is 12.1 Å². The van der Waals surface area contributed by atoms with Crippen molar-refractivity contribution in [2.45, 2.75) is 18.6 Å². The number of alkyl halides is 3. The molecule has 0 aliphatic rings. The molecule has 1 unspecified atom stereocenters. The van der Waals surface area contributed by atoms with Gasteiger partial charge in [-0.3, -0.25) is 0 Å². The summed E-state index contributed by atoms with van der Waals surface area (Å²) in [5.74, 6) is -0.665. The van der Waals surface area contributed by atoms with Crippen LogP contribution < -0.4 is 5.73 Å². The fourth-order valence-electron chi connectivity index (χ4n) is 1.89. The van der Waals surface area contributed by atoms with Gasteiger partial charge in [0.25, 0.3) is 0 Å². The first kappa shape index (κ1) is 14.5. The van der Waals surface area contributed by atoms with Crippen molar-refractivity contribution in [3.05, 3.63) is 65.2 Å². The van der Waals surface area contributed by atoms with Gasteiger partial charge in [0.15, 0.2) is 0 Å². The van der Waals surface area contributed by atoms with Gasteiger partial charge in [-0.15, -0.1) is 0 Å². The average molecular weight is 284 g/mol. The van der Waals surface area contributed by atoms with Crippen LogP contribution in [0.25, 0.3) is 0 Å². The third kappa shape index (κ3) is 3.54. The molecule has 0 aliphatic carbocycles. The third-order valence-electron chi connectivity index (χ3n) is 2.89. The second kappa shape index (κ2) is 5.58. The molecule has 0 spiro atoms. The van der Waals surface area contributed by atoms with E-state index in [1.165, 1.54) is 18.3 Å². The van der Waals surface area contributed by atoms with Gasteiger partial charge in [0.1, 0.15) is 0 Å². The molecule has 1 atom stereocenters. The highest BCUT2D eigenvalue weighted by Crippen LogP contribution is 2.30. The van der Waals surface area contributed by atoms with E-state index in [1.807, 2.05) is 0 Å². The van der Waals surface area contributed by atoms with E-state index in [-0.39, 0.29) is 6.42 Å². The summed E-state index contributed by atoms with van der Waals surface area (Å²) in [5.41, 5.74) is 6.10. The quantitative estimate of drug-likeness (QED) is 0.692. The minimum Gasteiger partial charge on any atom is -0.324 e. The molecule has 0 fully saturated rings. The molecule has 2 N–H and O–H groups in total. The maximum atomic E-state index is 13.0. The number of nitrogens with zero attached hydrogens (tertiary/aromatic N) is 1. The minimum atomic E-state index is -4.39. The number of hydrogen-bond donors (Lipinski definition) is 1. The van der Waals surface area contributed by atoms with E-state index in [9.17, 15) is 17.6 Å². The van der Waals surface area contributed by atoms with Gasteiger partial charge in [-0.05, 0) is 35.7 Å². The summed E-state index contributed by atoms with van der Waals surface area (Å²) in [6, 6.07) is 7.08. The van der Waals surface area contributed by atoms with Crippen LogP contribution in [0.1, 0.15) is 22.7 Å². The van der Waals surface area contributed by atoms with Crippen molar-refractivity contribution in [2.75, 3.05) is 0 Å². The van der Waals surface area contributed by atoms with Crippen LogP contribution in [0.4, 0.5) is 17.6 Å². The van der Waals surface area contributed by atoms with Crippen LogP contribution in [0.3, 0.4) is 0 Å². The molecule has 0 saturated heterocycles. The van der Waals surface area contributed by atoms with Crippen LogP contribution in [0.5, 0.6) is 0 Å². The van der Waals surface area contributed by atoms with Gasteiger partial charge in [0.2, 0.25) is 5.95 Å². The first-order valence-electron chi connectivity index (χ1n) is 5.89. The molecule has 2 rings (SSSR count). The number of rotatable bonds is 3. The van der Waals surface area contributed by atoms with E-state index >= 15 is 0 Å².